The molecule has 2 nitrogen and oxygen atoms in total. The van der Waals surface area contributed by atoms with Crippen LogP contribution < -0.4 is 4.74 Å². The molecule has 0 amide bonds. The largest absolute Gasteiger partial charge is 0.485 e. The van der Waals surface area contributed by atoms with E-state index in [-0.39, 0.29) is 17.8 Å². The van der Waals surface area contributed by atoms with Gasteiger partial charge in [0.15, 0.2) is 0 Å². The normalized spacial score (nSPS) is 23.2. The first-order valence-corrected chi connectivity index (χ1v) is 9.78. The monoisotopic (exact) mass is 375 g/mol. The molecule has 0 saturated heterocycles. The molecule has 0 bridgehead atoms. The summed E-state index contributed by atoms with van der Waals surface area (Å²) >= 11 is 0. The third-order valence-electron chi connectivity index (χ3n) is 5.97. The van der Waals surface area contributed by atoms with Crippen LogP contribution in [0.25, 0.3) is 0 Å². The van der Waals surface area contributed by atoms with Crippen molar-refractivity contribution in [2.24, 2.45) is 11.8 Å². The molecular weight excluding hydrogens is 351 g/mol. The first kappa shape index (κ1) is 18.3. The Kier molecular flexibility index (Phi) is 5.11. The van der Waals surface area contributed by atoms with Crippen molar-refractivity contribution in [3.05, 3.63) is 59.4 Å². The van der Waals surface area contributed by atoms with E-state index in [1.807, 2.05) is 18.2 Å². The highest BCUT2D eigenvalue weighted by Crippen LogP contribution is 2.46. The van der Waals surface area contributed by atoms with Crippen LogP contribution in [0.1, 0.15) is 61.3 Å². The summed E-state index contributed by atoms with van der Waals surface area (Å²) in [6, 6.07) is 9.34. The third-order valence-corrected chi connectivity index (χ3v) is 5.97. The number of benzene rings is 1. The SMILES string of the molecule is FC(F)(F)c1cnccc1O[C@H]1c2ccccc2C[C@@H]1CC1CCCCC1. The molecule has 4 rings (SSSR count). The molecular formula is C22H24F3NO. The van der Waals surface area contributed by atoms with Crippen molar-refractivity contribution >= 4 is 0 Å². The van der Waals surface area contributed by atoms with Crippen molar-refractivity contribution in [1.82, 2.24) is 4.98 Å². The molecule has 0 N–H and O–H groups in total. The van der Waals surface area contributed by atoms with Gasteiger partial charge in [0, 0.05) is 18.3 Å². The van der Waals surface area contributed by atoms with Crippen LogP contribution in [0.15, 0.2) is 42.7 Å². The molecule has 144 valence electrons. The molecule has 1 fully saturated rings. The van der Waals surface area contributed by atoms with Gasteiger partial charge in [0.05, 0.1) is 0 Å². The van der Waals surface area contributed by atoms with Gasteiger partial charge in [-0.2, -0.15) is 13.2 Å². The van der Waals surface area contributed by atoms with Crippen molar-refractivity contribution in [1.29, 1.82) is 0 Å². The number of hydrogen-bond donors (Lipinski definition) is 0. The zero-order valence-electron chi connectivity index (χ0n) is 15.2. The van der Waals surface area contributed by atoms with E-state index in [4.69, 9.17) is 4.74 Å². The molecule has 0 aliphatic heterocycles. The number of pyridine rings is 1. The van der Waals surface area contributed by atoms with Crippen LogP contribution in [0, 0.1) is 11.8 Å². The summed E-state index contributed by atoms with van der Waals surface area (Å²) in [5.41, 5.74) is 1.43. The molecule has 0 spiro atoms. The third kappa shape index (κ3) is 3.97. The number of fused-ring (bicyclic) bond motifs is 1. The summed E-state index contributed by atoms with van der Waals surface area (Å²) < 4.78 is 46.2. The van der Waals surface area contributed by atoms with Gasteiger partial charge in [0.1, 0.15) is 17.4 Å². The lowest BCUT2D eigenvalue weighted by atomic mass is 9.81. The van der Waals surface area contributed by atoms with Crippen LogP contribution in [-0.4, -0.2) is 4.98 Å². The first-order valence-electron chi connectivity index (χ1n) is 9.78. The van der Waals surface area contributed by atoms with E-state index in [1.165, 1.54) is 49.9 Å². The lowest BCUT2D eigenvalue weighted by Crippen LogP contribution is -2.20. The molecule has 0 unspecified atom stereocenters. The maximum atomic E-state index is 13.4. The smallest absolute Gasteiger partial charge is 0.421 e. The van der Waals surface area contributed by atoms with Crippen molar-refractivity contribution in [3.8, 4) is 5.75 Å². The summed E-state index contributed by atoms with van der Waals surface area (Å²) in [5.74, 6) is 0.760. The molecule has 1 heterocycles. The van der Waals surface area contributed by atoms with Crippen LogP contribution in [0.3, 0.4) is 0 Å². The molecule has 0 radical (unpaired) electrons. The fourth-order valence-electron chi connectivity index (χ4n) is 4.69. The number of aromatic nitrogens is 1. The Hall–Kier alpha value is -2.04. The Bertz CT molecular complexity index is 783. The summed E-state index contributed by atoms with van der Waals surface area (Å²) in [6.07, 6.45) is 5.59. The van der Waals surface area contributed by atoms with E-state index in [9.17, 15) is 13.2 Å². The zero-order valence-corrected chi connectivity index (χ0v) is 15.2. The first-order chi connectivity index (χ1) is 13.0. The van der Waals surface area contributed by atoms with Gasteiger partial charge in [-0.25, -0.2) is 0 Å². The molecule has 1 aromatic heterocycles. The Labute approximate surface area is 157 Å². The fourth-order valence-corrected chi connectivity index (χ4v) is 4.69. The van der Waals surface area contributed by atoms with Crippen LogP contribution in [0.2, 0.25) is 0 Å². The minimum atomic E-state index is -4.47. The second-order valence-corrected chi connectivity index (χ2v) is 7.81. The van der Waals surface area contributed by atoms with Crippen molar-refractivity contribution in [2.45, 2.75) is 57.2 Å². The predicted molar refractivity (Wildman–Crippen MR) is 97.4 cm³/mol. The molecule has 27 heavy (non-hydrogen) atoms. The molecule has 1 aromatic carbocycles. The lowest BCUT2D eigenvalue weighted by Gasteiger charge is -2.29. The lowest BCUT2D eigenvalue weighted by molar-refractivity contribution is -0.139. The number of halogens is 3. The van der Waals surface area contributed by atoms with Crippen molar-refractivity contribution in [3.63, 3.8) is 0 Å². The van der Waals surface area contributed by atoms with Crippen LogP contribution in [-0.2, 0) is 12.6 Å². The molecule has 2 aromatic rings. The van der Waals surface area contributed by atoms with Gasteiger partial charge in [0.25, 0.3) is 0 Å². The van der Waals surface area contributed by atoms with E-state index in [0.29, 0.717) is 5.92 Å². The van der Waals surface area contributed by atoms with E-state index >= 15 is 0 Å². The minimum absolute atomic E-state index is 0.118. The molecule has 1 saturated carbocycles. The molecule has 2 aliphatic rings. The number of hydrogen-bond acceptors (Lipinski definition) is 2. The maximum absolute atomic E-state index is 13.4. The highest BCUT2D eigenvalue weighted by molar-refractivity contribution is 5.38. The summed E-state index contributed by atoms with van der Waals surface area (Å²) in [7, 11) is 0. The van der Waals surface area contributed by atoms with Crippen LogP contribution in [0.4, 0.5) is 13.2 Å². The number of ether oxygens (including phenoxy) is 1. The van der Waals surface area contributed by atoms with Gasteiger partial charge in [-0.05, 0) is 36.0 Å². The summed E-state index contributed by atoms with van der Waals surface area (Å²) in [5, 5.41) is 0. The summed E-state index contributed by atoms with van der Waals surface area (Å²) in [6.45, 7) is 0. The van der Waals surface area contributed by atoms with Gasteiger partial charge in [0.2, 0.25) is 0 Å². The highest BCUT2D eigenvalue weighted by atomic mass is 19.4. The van der Waals surface area contributed by atoms with Gasteiger partial charge >= 0.3 is 6.18 Å². The maximum Gasteiger partial charge on any atom is 0.421 e. The average molecular weight is 375 g/mol. The standard InChI is InChI=1S/C22H24F3NO/c23-22(24,25)19-14-26-11-10-20(19)27-21-17(12-15-6-2-1-3-7-15)13-16-8-4-5-9-18(16)21/h4-5,8-11,14-15,17,21H,1-3,6-7,12-13H2/t17-,21+/m0/s1. The number of alkyl halides is 3. The fraction of sp³-hybridized carbons (Fsp3) is 0.500. The van der Waals surface area contributed by atoms with Gasteiger partial charge in [-0.3, -0.25) is 4.98 Å². The quantitative estimate of drug-likeness (QED) is 0.620. The molecule has 2 atom stereocenters. The predicted octanol–water partition coefficient (Wildman–Crippen LogP) is 6.36. The van der Waals surface area contributed by atoms with Crippen LogP contribution in [0.5, 0.6) is 5.75 Å². The topological polar surface area (TPSA) is 22.1 Å². The molecule has 2 aliphatic carbocycles. The number of rotatable bonds is 4. The zero-order chi connectivity index (χ0) is 18.9. The average Bonchev–Trinajstić information content (AvgIpc) is 2.99. The van der Waals surface area contributed by atoms with Gasteiger partial charge in [-0.1, -0.05) is 56.4 Å². The van der Waals surface area contributed by atoms with E-state index in [2.05, 4.69) is 11.1 Å². The Balaban J connectivity index is 1.61. The Morgan fingerprint density at radius 2 is 1.81 bits per heavy atom. The van der Waals surface area contributed by atoms with E-state index in [1.54, 1.807) is 0 Å². The van der Waals surface area contributed by atoms with E-state index in [0.717, 1.165) is 24.6 Å². The highest BCUT2D eigenvalue weighted by Gasteiger charge is 2.39. The molecule has 5 heteroatoms. The van der Waals surface area contributed by atoms with Crippen LogP contribution >= 0.6 is 0 Å². The van der Waals surface area contributed by atoms with Gasteiger partial charge < -0.3 is 4.74 Å². The van der Waals surface area contributed by atoms with Crippen molar-refractivity contribution in [2.75, 3.05) is 0 Å². The second kappa shape index (κ2) is 7.53. The van der Waals surface area contributed by atoms with Crippen molar-refractivity contribution < 1.29 is 17.9 Å². The second-order valence-electron chi connectivity index (χ2n) is 7.81. The van der Waals surface area contributed by atoms with Gasteiger partial charge in [-0.15, -0.1) is 0 Å². The minimum Gasteiger partial charge on any atom is -0.485 e. The Morgan fingerprint density at radius 1 is 1.04 bits per heavy atom. The summed E-state index contributed by atoms with van der Waals surface area (Å²) in [4.78, 5) is 3.64. The number of nitrogens with zero attached hydrogens (tertiary/aromatic N) is 1. The van der Waals surface area contributed by atoms with E-state index < -0.39 is 11.7 Å². The Morgan fingerprint density at radius 3 is 2.59 bits per heavy atom.